The number of fused-ring (bicyclic) bond motifs is 1. The Balaban J connectivity index is 1.13. The maximum Gasteiger partial charge on any atom is 0.272 e. The predicted octanol–water partition coefficient (Wildman–Crippen LogP) is 7.25. The van der Waals surface area contributed by atoms with E-state index >= 15 is 0 Å². The van der Waals surface area contributed by atoms with E-state index in [2.05, 4.69) is 10.3 Å². The number of carbonyl (C=O) groups is 2. The van der Waals surface area contributed by atoms with Gasteiger partial charge in [-0.25, -0.2) is 18.9 Å². The van der Waals surface area contributed by atoms with E-state index in [1.54, 1.807) is 63.0 Å². The molecule has 1 aliphatic rings. The fourth-order valence-corrected chi connectivity index (χ4v) is 5.79. The number of carbonyl (C=O) groups excluding carboxylic acids is 2. The van der Waals surface area contributed by atoms with Crippen LogP contribution < -0.4 is 5.32 Å². The van der Waals surface area contributed by atoms with Crippen molar-refractivity contribution in [2.45, 2.75) is 0 Å². The molecule has 3 aromatic heterocycles. The summed E-state index contributed by atoms with van der Waals surface area (Å²) in [7, 11) is 0. The Morgan fingerprint density at radius 2 is 1.47 bits per heavy atom. The molecule has 0 bridgehead atoms. The molecule has 1 N–H and O–H groups in total. The molecule has 7 rings (SSSR count). The van der Waals surface area contributed by atoms with E-state index in [1.807, 2.05) is 42.5 Å². The normalized spacial score (nSPS) is 13.2. The first kappa shape index (κ1) is 30.3. The van der Waals surface area contributed by atoms with E-state index in [0.29, 0.717) is 70.3 Å². The van der Waals surface area contributed by atoms with Crippen LogP contribution in [0.2, 0.25) is 10.0 Å². The highest BCUT2D eigenvalue weighted by molar-refractivity contribution is 6.42. The zero-order valence-electron chi connectivity index (χ0n) is 24.8. The molecular weight excluding hydrogens is 640 g/mol. The van der Waals surface area contributed by atoms with Gasteiger partial charge in [-0.1, -0.05) is 59.6 Å². The van der Waals surface area contributed by atoms with Crippen molar-refractivity contribution < 1.29 is 14.0 Å². The third kappa shape index (κ3) is 6.25. The van der Waals surface area contributed by atoms with Crippen LogP contribution in [0.3, 0.4) is 0 Å². The average Bonchev–Trinajstić information content (AvgIpc) is 3.55. The third-order valence-electron chi connectivity index (χ3n) is 7.93. The molecule has 4 heterocycles. The van der Waals surface area contributed by atoms with Crippen LogP contribution in [0.1, 0.15) is 20.8 Å². The molecule has 1 saturated heterocycles. The zero-order valence-corrected chi connectivity index (χ0v) is 26.3. The van der Waals surface area contributed by atoms with Gasteiger partial charge in [-0.15, -0.1) is 0 Å². The molecule has 3 aromatic carbocycles. The first-order chi connectivity index (χ1) is 22.8. The molecule has 12 heteroatoms. The van der Waals surface area contributed by atoms with Gasteiger partial charge in [0.05, 0.1) is 27.0 Å². The summed E-state index contributed by atoms with van der Waals surface area (Å²) >= 11 is 12.6. The first-order valence-corrected chi connectivity index (χ1v) is 15.6. The number of nitrogens with zero attached hydrogens (tertiary/aromatic N) is 6. The van der Waals surface area contributed by atoms with Crippen molar-refractivity contribution in [3.8, 4) is 22.5 Å². The highest BCUT2D eigenvalue weighted by Crippen LogP contribution is 2.31. The number of anilines is 2. The van der Waals surface area contributed by atoms with Crippen LogP contribution in [0, 0.1) is 5.82 Å². The minimum Gasteiger partial charge on any atom is -0.340 e. The Morgan fingerprint density at radius 3 is 2.19 bits per heavy atom. The summed E-state index contributed by atoms with van der Waals surface area (Å²) < 4.78 is 15.1. The van der Waals surface area contributed by atoms with Gasteiger partial charge in [0.2, 0.25) is 0 Å². The van der Waals surface area contributed by atoms with Crippen molar-refractivity contribution in [2.24, 2.45) is 0 Å². The minimum atomic E-state index is -0.358. The number of halogens is 3. The molecule has 1 aliphatic heterocycles. The molecule has 0 radical (unpaired) electrons. The number of benzene rings is 3. The molecule has 234 valence electrons. The number of aromatic nitrogens is 4. The number of nitrogens with one attached hydrogen (secondary N) is 1. The Bertz CT molecular complexity index is 2120. The quantitative estimate of drug-likeness (QED) is 0.201. The first-order valence-electron chi connectivity index (χ1n) is 14.8. The SMILES string of the molecule is O=C(c1cc(-c2ccc(Cl)c(Cl)c2)n2nc(-c3ccccc3)cc2n1)N1CCN(C(=O)c2cccnc2Nc2ccc(F)cc2)CC1. The van der Waals surface area contributed by atoms with E-state index < -0.39 is 0 Å². The molecular formula is C35H26Cl2FN7O2. The van der Waals surface area contributed by atoms with Crippen molar-refractivity contribution in [3.05, 3.63) is 130 Å². The van der Waals surface area contributed by atoms with Crippen LogP contribution in [0.4, 0.5) is 15.9 Å². The molecule has 0 spiro atoms. The Labute approximate surface area is 279 Å². The Hall–Kier alpha value is -5.32. The molecule has 0 saturated carbocycles. The lowest BCUT2D eigenvalue weighted by Crippen LogP contribution is -2.50. The van der Waals surface area contributed by atoms with E-state index in [0.717, 1.165) is 11.1 Å². The second-order valence-electron chi connectivity index (χ2n) is 10.9. The zero-order chi connectivity index (χ0) is 32.5. The van der Waals surface area contributed by atoms with Gasteiger partial charge >= 0.3 is 0 Å². The summed E-state index contributed by atoms with van der Waals surface area (Å²) in [5.41, 5.74) is 4.71. The van der Waals surface area contributed by atoms with Crippen LogP contribution in [-0.4, -0.2) is 67.4 Å². The van der Waals surface area contributed by atoms with Gasteiger partial charge in [-0.3, -0.25) is 9.59 Å². The topological polar surface area (TPSA) is 95.7 Å². The van der Waals surface area contributed by atoms with Crippen LogP contribution in [0.15, 0.2) is 103 Å². The molecule has 2 amide bonds. The monoisotopic (exact) mass is 665 g/mol. The predicted molar refractivity (Wildman–Crippen MR) is 180 cm³/mol. The van der Waals surface area contributed by atoms with E-state index in [-0.39, 0.29) is 23.3 Å². The van der Waals surface area contributed by atoms with Crippen LogP contribution in [0.25, 0.3) is 28.2 Å². The molecule has 9 nitrogen and oxygen atoms in total. The van der Waals surface area contributed by atoms with E-state index in [9.17, 15) is 14.0 Å². The van der Waals surface area contributed by atoms with Gasteiger partial charge in [0.1, 0.15) is 17.3 Å². The number of pyridine rings is 1. The van der Waals surface area contributed by atoms with Gasteiger partial charge in [0, 0.05) is 55.3 Å². The highest BCUT2D eigenvalue weighted by atomic mass is 35.5. The second kappa shape index (κ2) is 12.8. The van der Waals surface area contributed by atoms with Gasteiger partial charge in [-0.05, 0) is 54.6 Å². The molecule has 6 aromatic rings. The van der Waals surface area contributed by atoms with Gasteiger partial charge in [-0.2, -0.15) is 5.10 Å². The molecule has 47 heavy (non-hydrogen) atoms. The van der Waals surface area contributed by atoms with Gasteiger partial charge in [0.25, 0.3) is 11.8 Å². The van der Waals surface area contributed by atoms with Crippen molar-refractivity contribution >= 4 is 52.2 Å². The molecule has 0 unspecified atom stereocenters. The number of rotatable bonds is 6. The van der Waals surface area contributed by atoms with E-state index in [1.165, 1.54) is 12.1 Å². The van der Waals surface area contributed by atoms with Gasteiger partial charge in [0.15, 0.2) is 5.65 Å². The van der Waals surface area contributed by atoms with Crippen LogP contribution in [0.5, 0.6) is 0 Å². The fourth-order valence-electron chi connectivity index (χ4n) is 5.49. The third-order valence-corrected chi connectivity index (χ3v) is 8.67. The minimum absolute atomic E-state index is 0.219. The maximum atomic E-state index is 13.9. The fraction of sp³-hybridized carbons (Fsp3) is 0.114. The summed E-state index contributed by atoms with van der Waals surface area (Å²) in [6.07, 6.45) is 1.58. The lowest BCUT2D eigenvalue weighted by Gasteiger charge is -2.35. The van der Waals surface area contributed by atoms with Crippen molar-refractivity contribution in [1.29, 1.82) is 0 Å². The number of hydrogen-bond acceptors (Lipinski definition) is 6. The number of piperazine rings is 1. The average molecular weight is 667 g/mol. The lowest BCUT2D eigenvalue weighted by molar-refractivity contribution is 0.0533. The smallest absolute Gasteiger partial charge is 0.272 e. The summed E-state index contributed by atoms with van der Waals surface area (Å²) in [6, 6.07) is 27.7. The van der Waals surface area contributed by atoms with Crippen molar-refractivity contribution in [1.82, 2.24) is 29.4 Å². The Morgan fingerprint density at radius 1 is 0.745 bits per heavy atom. The van der Waals surface area contributed by atoms with Crippen LogP contribution in [-0.2, 0) is 0 Å². The van der Waals surface area contributed by atoms with E-state index in [4.69, 9.17) is 33.3 Å². The largest absolute Gasteiger partial charge is 0.340 e. The standard InChI is InChI=1S/C35H26Cl2FN7O2/c36-27-13-8-23(19-28(27)37)31-20-30(41-32-21-29(42-45(31)32)22-5-2-1-3-6-22)35(47)44-17-15-43(16-18-44)34(46)26-7-4-14-39-33(26)40-25-11-9-24(38)10-12-25/h1-14,19-21H,15-18H2,(H,39,40). The number of amides is 2. The number of hydrogen-bond donors (Lipinski definition) is 1. The maximum absolute atomic E-state index is 13.9. The second-order valence-corrected chi connectivity index (χ2v) is 11.8. The molecule has 0 aliphatic carbocycles. The van der Waals surface area contributed by atoms with Gasteiger partial charge < -0.3 is 15.1 Å². The summed E-state index contributed by atoms with van der Waals surface area (Å²) in [5, 5.41) is 8.70. The highest BCUT2D eigenvalue weighted by Gasteiger charge is 2.28. The summed E-state index contributed by atoms with van der Waals surface area (Å²) in [5.74, 6) is -0.471. The summed E-state index contributed by atoms with van der Waals surface area (Å²) in [6.45, 7) is 1.27. The van der Waals surface area contributed by atoms with Crippen molar-refractivity contribution in [2.75, 3.05) is 31.5 Å². The molecule has 1 fully saturated rings. The lowest BCUT2D eigenvalue weighted by atomic mass is 10.1. The van der Waals surface area contributed by atoms with Crippen molar-refractivity contribution in [3.63, 3.8) is 0 Å². The van der Waals surface area contributed by atoms with Crippen LogP contribution >= 0.6 is 23.2 Å². The summed E-state index contributed by atoms with van der Waals surface area (Å²) in [4.78, 5) is 39.9. The Kier molecular flexibility index (Phi) is 8.28. The molecule has 0 atom stereocenters.